The fraction of sp³-hybridized carbons (Fsp3) is 0.579. The van der Waals surface area contributed by atoms with Gasteiger partial charge in [-0.3, -0.25) is 9.69 Å². The molecule has 2 aliphatic rings. The first-order valence-electron chi connectivity index (χ1n) is 9.69. The number of para-hydroxylation sites is 1. The molecule has 9 heteroatoms. The highest BCUT2D eigenvalue weighted by atomic mass is 32.2. The molecule has 0 unspecified atom stereocenters. The number of aromatic nitrogens is 1. The third-order valence-electron chi connectivity index (χ3n) is 5.35. The SMILES string of the molecule is CS(=O)(=O)N1CCCC[C@H]1C(=O)N(C[C@@H]1CCCO1)c1nc2ccccc2s1. The lowest BCUT2D eigenvalue weighted by Crippen LogP contribution is -2.54. The number of carbonyl (C=O) groups excluding carboxylic acids is 1. The van der Waals surface area contributed by atoms with E-state index in [1.807, 2.05) is 24.3 Å². The Labute approximate surface area is 169 Å². The smallest absolute Gasteiger partial charge is 0.247 e. The number of amides is 1. The van der Waals surface area contributed by atoms with Crippen LogP contribution >= 0.6 is 11.3 Å². The molecule has 2 aromatic rings. The van der Waals surface area contributed by atoms with Gasteiger partial charge in [-0.1, -0.05) is 29.9 Å². The van der Waals surface area contributed by atoms with Crippen LogP contribution < -0.4 is 4.90 Å². The Kier molecular flexibility index (Phi) is 5.69. The first-order chi connectivity index (χ1) is 13.4. The van der Waals surface area contributed by atoms with Crippen LogP contribution in [0.3, 0.4) is 0 Å². The molecular formula is C19H25N3O4S2. The monoisotopic (exact) mass is 423 g/mol. The summed E-state index contributed by atoms with van der Waals surface area (Å²) in [5.41, 5.74) is 0.844. The zero-order valence-corrected chi connectivity index (χ0v) is 17.5. The maximum Gasteiger partial charge on any atom is 0.247 e. The molecule has 2 saturated heterocycles. The maximum absolute atomic E-state index is 13.6. The van der Waals surface area contributed by atoms with Crippen LogP contribution in [-0.4, -0.2) is 61.7 Å². The van der Waals surface area contributed by atoms with Crippen molar-refractivity contribution in [3.05, 3.63) is 24.3 Å². The molecule has 2 fully saturated rings. The second kappa shape index (κ2) is 8.06. The van der Waals surface area contributed by atoms with E-state index in [2.05, 4.69) is 4.98 Å². The molecule has 1 aromatic heterocycles. The summed E-state index contributed by atoms with van der Waals surface area (Å²) in [6.07, 6.45) is 5.19. The molecule has 0 saturated carbocycles. The van der Waals surface area contributed by atoms with Crippen molar-refractivity contribution in [2.45, 2.75) is 44.2 Å². The molecular weight excluding hydrogens is 398 g/mol. The van der Waals surface area contributed by atoms with Gasteiger partial charge in [0, 0.05) is 13.2 Å². The van der Waals surface area contributed by atoms with Crippen molar-refractivity contribution in [2.75, 3.05) is 30.9 Å². The number of sulfonamides is 1. The van der Waals surface area contributed by atoms with Gasteiger partial charge in [0.05, 0.1) is 29.1 Å². The van der Waals surface area contributed by atoms with Crippen LogP contribution in [0.25, 0.3) is 10.2 Å². The molecule has 2 atom stereocenters. The summed E-state index contributed by atoms with van der Waals surface area (Å²) < 4.78 is 32.6. The van der Waals surface area contributed by atoms with Crippen molar-refractivity contribution < 1.29 is 17.9 Å². The van der Waals surface area contributed by atoms with Crippen molar-refractivity contribution in [1.82, 2.24) is 9.29 Å². The molecule has 0 spiro atoms. The van der Waals surface area contributed by atoms with Gasteiger partial charge in [0.25, 0.3) is 0 Å². The lowest BCUT2D eigenvalue weighted by molar-refractivity contribution is -0.123. The van der Waals surface area contributed by atoms with Gasteiger partial charge in [0.2, 0.25) is 15.9 Å². The molecule has 2 aliphatic heterocycles. The molecule has 4 rings (SSSR count). The molecule has 152 valence electrons. The highest BCUT2D eigenvalue weighted by molar-refractivity contribution is 7.88. The van der Waals surface area contributed by atoms with Crippen molar-refractivity contribution in [3.8, 4) is 0 Å². The third kappa shape index (κ3) is 4.07. The minimum Gasteiger partial charge on any atom is -0.376 e. The lowest BCUT2D eigenvalue weighted by Gasteiger charge is -2.35. The summed E-state index contributed by atoms with van der Waals surface area (Å²) in [7, 11) is -3.45. The Morgan fingerprint density at radius 3 is 2.82 bits per heavy atom. The second-order valence-electron chi connectivity index (χ2n) is 7.43. The fourth-order valence-corrected chi connectivity index (χ4v) is 6.06. The summed E-state index contributed by atoms with van der Waals surface area (Å²) in [5, 5.41) is 0.612. The van der Waals surface area contributed by atoms with Gasteiger partial charge in [0.15, 0.2) is 5.13 Å². The van der Waals surface area contributed by atoms with Crippen LogP contribution in [0.2, 0.25) is 0 Å². The highest BCUT2D eigenvalue weighted by Gasteiger charge is 2.39. The normalized spacial score (nSPS) is 23.9. The van der Waals surface area contributed by atoms with E-state index in [0.29, 0.717) is 31.2 Å². The Balaban J connectivity index is 1.68. The van der Waals surface area contributed by atoms with E-state index in [4.69, 9.17) is 4.74 Å². The standard InChI is InChI=1S/C19H25N3O4S2/c1-28(24,25)22-11-5-4-9-16(22)18(23)21(13-14-7-6-12-26-14)19-20-15-8-2-3-10-17(15)27-19/h2-3,8,10,14,16H,4-7,9,11-13H2,1H3/t14-,16-/m0/s1. The van der Waals surface area contributed by atoms with Gasteiger partial charge in [-0.2, -0.15) is 4.31 Å². The average Bonchev–Trinajstić information content (AvgIpc) is 3.34. The predicted octanol–water partition coefficient (Wildman–Crippen LogP) is 2.62. The number of fused-ring (bicyclic) bond motifs is 1. The van der Waals surface area contributed by atoms with Crippen LogP contribution in [0.1, 0.15) is 32.1 Å². The number of hydrogen-bond donors (Lipinski definition) is 0. The molecule has 28 heavy (non-hydrogen) atoms. The van der Waals surface area contributed by atoms with Gasteiger partial charge in [-0.05, 0) is 37.8 Å². The van der Waals surface area contributed by atoms with Crippen LogP contribution in [-0.2, 0) is 19.6 Å². The Hall–Kier alpha value is -1.55. The number of rotatable bonds is 5. The van der Waals surface area contributed by atoms with Gasteiger partial charge in [-0.15, -0.1) is 0 Å². The largest absolute Gasteiger partial charge is 0.376 e. The van der Waals surface area contributed by atoms with Crippen molar-refractivity contribution >= 4 is 42.6 Å². The summed E-state index contributed by atoms with van der Waals surface area (Å²) in [4.78, 5) is 19.9. The summed E-state index contributed by atoms with van der Waals surface area (Å²) in [6.45, 7) is 1.50. The van der Waals surface area contributed by atoms with Gasteiger partial charge in [0.1, 0.15) is 6.04 Å². The quantitative estimate of drug-likeness (QED) is 0.739. The molecule has 0 N–H and O–H groups in total. The lowest BCUT2D eigenvalue weighted by atomic mass is 10.0. The number of nitrogens with zero attached hydrogens (tertiary/aromatic N) is 3. The van der Waals surface area contributed by atoms with Crippen molar-refractivity contribution in [3.63, 3.8) is 0 Å². The second-order valence-corrected chi connectivity index (χ2v) is 10.4. The van der Waals surface area contributed by atoms with E-state index >= 15 is 0 Å². The summed E-state index contributed by atoms with van der Waals surface area (Å²) >= 11 is 1.46. The average molecular weight is 424 g/mol. The van der Waals surface area contributed by atoms with Crippen molar-refractivity contribution in [1.29, 1.82) is 0 Å². The van der Waals surface area contributed by atoms with Crippen LogP contribution in [0, 0.1) is 0 Å². The first kappa shape index (κ1) is 19.8. The summed E-state index contributed by atoms with van der Waals surface area (Å²) in [6, 6.07) is 7.10. The van der Waals surface area contributed by atoms with Crippen LogP contribution in [0.4, 0.5) is 5.13 Å². The highest BCUT2D eigenvalue weighted by Crippen LogP contribution is 2.32. The summed E-state index contributed by atoms with van der Waals surface area (Å²) in [5.74, 6) is -0.195. The molecule has 1 aromatic carbocycles. The topological polar surface area (TPSA) is 79.8 Å². The number of carbonyl (C=O) groups is 1. The van der Waals surface area contributed by atoms with Crippen LogP contribution in [0.5, 0.6) is 0 Å². The predicted molar refractivity (Wildman–Crippen MR) is 110 cm³/mol. The zero-order valence-electron chi connectivity index (χ0n) is 15.9. The molecule has 3 heterocycles. The van der Waals surface area contributed by atoms with Gasteiger partial charge < -0.3 is 4.74 Å². The molecule has 7 nitrogen and oxygen atoms in total. The zero-order chi connectivity index (χ0) is 19.7. The number of anilines is 1. The van der Waals surface area contributed by atoms with Crippen molar-refractivity contribution in [2.24, 2.45) is 0 Å². The minimum atomic E-state index is -3.45. The molecule has 0 radical (unpaired) electrons. The van der Waals surface area contributed by atoms with Crippen LogP contribution in [0.15, 0.2) is 24.3 Å². The molecule has 0 bridgehead atoms. The number of piperidine rings is 1. The molecule has 1 amide bonds. The number of ether oxygens (including phenoxy) is 1. The first-order valence-corrected chi connectivity index (χ1v) is 12.4. The van der Waals surface area contributed by atoms with E-state index in [1.165, 1.54) is 21.9 Å². The third-order valence-corrected chi connectivity index (χ3v) is 7.70. The molecule has 0 aliphatic carbocycles. The Bertz CT molecular complexity index is 920. The maximum atomic E-state index is 13.6. The van der Waals surface area contributed by atoms with E-state index in [0.717, 1.165) is 35.9 Å². The fourth-order valence-electron chi connectivity index (χ4n) is 3.96. The number of hydrogen-bond acceptors (Lipinski definition) is 6. The van der Waals surface area contributed by atoms with E-state index < -0.39 is 16.1 Å². The Morgan fingerprint density at radius 2 is 2.11 bits per heavy atom. The minimum absolute atomic E-state index is 0.0359. The number of thiazole rings is 1. The van der Waals surface area contributed by atoms with Gasteiger partial charge in [-0.25, -0.2) is 13.4 Å². The van der Waals surface area contributed by atoms with E-state index in [-0.39, 0.29) is 12.0 Å². The number of benzene rings is 1. The van der Waals surface area contributed by atoms with Gasteiger partial charge >= 0.3 is 0 Å². The Morgan fingerprint density at radius 1 is 1.29 bits per heavy atom. The van der Waals surface area contributed by atoms with E-state index in [9.17, 15) is 13.2 Å². The van der Waals surface area contributed by atoms with E-state index in [1.54, 1.807) is 4.90 Å².